The maximum absolute atomic E-state index is 5.21. The first-order valence-electron chi connectivity index (χ1n) is 4.96. The van der Waals surface area contributed by atoms with Gasteiger partial charge in [0.2, 0.25) is 5.82 Å². The van der Waals surface area contributed by atoms with Gasteiger partial charge in [0.25, 0.3) is 0 Å². The lowest BCUT2D eigenvalue weighted by atomic mass is 10.3. The van der Waals surface area contributed by atoms with E-state index in [9.17, 15) is 0 Å². The van der Waals surface area contributed by atoms with E-state index >= 15 is 0 Å². The predicted molar refractivity (Wildman–Crippen MR) is 51.0 cm³/mol. The molecule has 1 atom stereocenters. The molecule has 78 valence electrons. The van der Waals surface area contributed by atoms with Crippen molar-refractivity contribution in [2.24, 2.45) is 0 Å². The lowest BCUT2D eigenvalue weighted by Crippen LogP contribution is -2.04. The van der Waals surface area contributed by atoms with Gasteiger partial charge in [-0.1, -0.05) is 12.1 Å². The van der Waals surface area contributed by atoms with Crippen LogP contribution in [0.5, 0.6) is 0 Å². The van der Waals surface area contributed by atoms with Gasteiger partial charge in [-0.15, -0.1) is 0 Å². The van der Waals surface area contributed by atoms with E-state index in [-0.39, 0.29) is 6.10 Å². The summed E-state index contributed by atoms with van der Waals surface area (Å²) in [6.07, 6.45) is 3.17. The lowest BCUT2D eigenvalue weighted by Gasteiger charge is -2.05. The first kappa shape index (κ1) is 9.45. The van der Waals surface area contributed by atoms with Gasteiger partial charge in [-0.2, -0.15) is 4.98 Å². The fraction of sp³-hybridized carbons (Fsp3) is 0.778. The Kier molecular flexibility index (Phi) is 2.67. The lowest BCUT2D eigenvalue weighted by molar-refractivity contribution is 0.0903. The van der Waals surface area contributed by atoms with Crippen molar-refractivity contribution in [2.45, 2.75) is 38.3 Å². The molecule has 0 amide bonds. The Bertz CT molecular complexity index is 292. The quantitative estimate of drug-likeness (QED) is 0.779. The molecule has 5 heteroatoms. The summed E-state index contributed by atoms with van der Waals surface area (Å²) in [6, 6.07) is 1.05. The highest BCUT2D eigenvalue weighted by Crippen LogP contribution is 2.25. The molecule has 1 unspecified atom stereocenters. The van der Waals surface area contributed by atoms with Crippen LogP contribution in [0.15, 0.2) is 4.52 Å². The molecule has 14 heavy (non-hydrogen) atoms. The second kappa shape index (κ2) is 3.96. The highest BCUT2D eigenvalue weighted by atomic mass is 16.5. The SMILES string of the molecule is CCC(OC)c1noc(NC2CC2)n1. The average molecular weight is 197 g/mol. The summed E-state index contributed by atoms with van der Waals surface area (Å²) in [5.41, 5.74) is 0. The van der Waals surface area contributed by atoms with Crippen LogP contribution in [0.1, 0.15) is 38.1 Å². The topological polar surface area (TPSA) is 60.2 Å². The Hall–Kier alpha value is -1.10. The molecule has 0 radical (unpaired) electrons. The summed E-state index contributed by atoms with van der Waals surface area (Å²) in [5, 5.41) is 7.01. The number of nitrogens with zero attached hydrogens (tertiary/aromatic N) is 2. The third-order valence-electron chi connectivity index (χ3n) is 2.29. The number of methoxy groups -OCH3 is 1. The minimum absolute atomic E-state index is 0.0616. The molecule has 1 aromatic heterocycles. The van der Waals surface area contributed by atoms with Crippen LogP contribution in [-0.2, 0) is 4.74 Å². The van der Waals surface area contributed by atoms with Gasteiger partial charge in [0.1, 0.15) is 6.10 Å². The van der Waals surface area contributed by atoms with E-state index in [1.165, 1.54) is 12.8 Å². The van der Waals surface area contributed by atoms with Gasteiger partial charge < -0.3 is 14.6 Å². The normalized spacial score (nSPS) is 18.1. The largest absolute Gasteiger partial charge is 0.373 e. The van der Waals surface area contributed by atoms with Gasteiger partial charge in [0, 0.05) is 13.2 Å². The number of nitrogens with one attached hydrogen (secondary N) is 1. The van der Waals surface area contributed by atoms with E-state index in [0.717, 1.165) is 6.42 Å². The zero-order valence-electron chi connectivity index (χ0n) is 8.49. The van der Waals surface area contributed by atoms with E-state index in [4.69, 9.17) is 9.26 Å². The minimum atomic E-state index is -0.0616. The molecule has 1 aliphatic rings. The molecule has 5 nitrogen and oxygen atoms in total. The Morgan fingerprint density at radius 1 is 1.64 bits per heavy atom. The zero-order chi connectivity index (χ0) is 9.97. The Morgan fingerprint density at radius 3 is 3.00 bits per heavy atom. The maximum atomic E-state index is 5.21. The summed E-state index contributed by atoms with van der Waals surface area (Å²) in [4.78, 5) is 4.22. The molecule has 1 aliphatic carbocycles. The van der Waals surface area contributed by atoms with Crippen molar-refractivity contribution in [3.63, 3.8) is 0 Å². The molecule has 0 aromatic carbocycles. The van der Waals surface area contributed by atoms with Gasteiger partial charge in [0.15, 0.2) is 0 Å². The average Bonchev–Trinajstić information content (AvgIpc) is 2.88. The van der Waals surface area contributed by atoms with Crippen LogP contribution in [0, 0.1) is 0 Å². The second-order valence-corrected chi connectivity index (χ2v) is 3.51. The number of hydrogen-bond donors (Lipinski definition) is 1. The molecule has 0 spiro atoms. The van der Waals surface area contributed by atoms with Crippen LogP contribution in [0.2, 0.25) is 0 Å². The number of anilines is 1. The first-order valence-corrected chi connectivity index (χ1v) is 4.96. The van der Waals surface area contributed by atoms with E-state index in [1.54, 1.807) is 7.11 Å². The van der Waals surface area contributed by atoms with Crippen LogP contribution in [0.25, 0.3) is 0 Å². The van der Waals surface area contributed by atoms with Crippen molar-refractivity contribution in [2.75, 3.05) is 12.4 Å². The Labute approximate surface area is 82.8 Å². The van der Waals surface area contributed by atoms with Gasteiger partial charge in [-0.25, -0.2) is 0 Å². The fourth-order valence-corrected chi connectivity index (χ4v) is 1.28. The van der Waals surface area contributed by atoms with Crippen molar-refractivity contribution in [1.29, 1.82) is 0 Å². The minimum Gasteiger partial charge on any atom is -0.373 e. The number of ether oxygens (including phenoxy) is 1. The summed E-state index contributed by atoms with van der Waals surface area (Å²) in [6.45, 7) is 2.03. The molecule has 1 N–H and O–H groups in total. The van der Waals surface area contributed by atoms with Crippen LogP contribution in [0.3, 0.4) is 0 Å². The first-order chi connectivity index (χ1) is 6.83. The van der Waals surface area contributed by atoms with Gasteiger partial charge >= 0.3 is 6.01 Å². The van der Waals surface area contributed by atoms with Crippen LogP contribution < -0.4 is 5.32 Å². The number of aromatic nitrogens is 2. The monoisotopic (exact) mass is 197 g/mol. The van der Waals surface area contributed by atoms with E-state index in [0.29, 0.717) is 17.9 Å². The van der Waals surface area contributed by atoms with Crippen molar-refractivity contribution in [3.8, 4) is 0 Å². The third kappa shape index (κ3) is 2.04. The van der Waals surface area contributed by atoms with Crippen molar-refractivity contribution >= 4 is 6.01 Å². The second-order valence-electron chi connectivity index (χ2n) is 3.51. The Morgan fingerprint density at radius 2 is 2.43 bits per heavy atom. The molecule has 1 heterocycles. The molecule has 1 fully saturated rings. The highest BCUT2D eigenvalue weighted by molar-refractivity contribution is 5.23. The zero-order valence-corrected chi connectivity index (χ0v) is 8.49. The smallest absolute Gasteiger partial charge is 0.321 e. The maximum Gasteiger partial charge on any atom is 0.321 e. The molecule has 1 aromatic rings. The summed E-state index contributed by atoms with van der Waals surface area (Å²) >= 11 is 0. The van der Waals surface area contributed by atoms with Gasteiger partial charge in [-0.3, -0.25) is 0 Å². The van der Waals surface area contributed by atoms with Crippen molar-refractivity contribution in [3.05, 3.63) is 5.82 Å². The van der Waals surface area contributed by atoms with E-state index < -0.39 is 0 Å². The molecule has 0 aliphatic heterocycles. The molecular formula is C9H15N3O2. The molecule has 0 bridgehead atoms. The highest BCUT2D eigenvalue weighted by Gasteiger charge is 2.24. The predicted octanol–water partition coefficient (Wildman–Crippen LogP) is 1.74. The summed E-state index contributed by atoms with van der Waals surface area (Å²) in [5.74, 6) is 0.623. The van der Waals surface area contributed by atoms with Gasteiger partial charge in [0.05, 0.1) is 0 Å². The third-order valence-corrected chi connectivity index (χ3v) is 2.29. The van der Waals surface area contributed by atoms with Crippen LogP contribution in [0.4, 0.5) is 6.01 Å². The number of rotatable bonds is 5. The number of hydrogen-bond acceptors (Lipinski definition) is 5. The molecule has 0 saturated heterocycles. The molecule has 1 saturated carbocycles. The standard InChI is InChI=1S/C9H15N3O2/c1-3-7(13-2)8-11-9(14-12-8)10-6-4-5-6/h6-7H,3-5H2,1-2H3,(H,10,11,12). The summed E-state index contributed by atoms with van der Waals surface area (Å²) < 4.78 is 10.3. The van der Waals surface area contributed by atoms with Crippen LogP contribution in [-0.4, -0.2) is 23.3 Å². The fourth-order valence-electron chi connectivity index (χ4n) is 1.28. The van der Waals surface area contributed by atoms with Crippen molar-refractivity contribution < 1.29 is 9.26 Å². The Balaban J connectivity index is 1.99. The summed E-state index contributed by atoms with van der Waals surface area (Å²) in [7, 11) is 1.65. The van der Waals surface area contributed by atoms with E-state index in [1.807, 2.05) is 6.92 Å². The molecule has 2 rings (SSSR count). The van der Waals surface area contributed by atoms with Gasteiger partial charge in [-0.05, 0) is 19.3 Å². The van der Waals surface area contributed by atoms with Crippen LogP contribution >= 0.6 is 0 Å². The van der Waals surface area contributed by atoms with E-state index in [2.05, 4.69) is 15.5 Å². The van der Waals surface area contributed by atoms with Crippen molar-refractivity contribution in [1.82, 2.24) is 10.1 Å². The molecular weight excluding hydrogens is 182 g/mol.